The fourth-order valence-corrected chi connectivity index (χ4v) is 2.05. The van der Waals surface area contributed by atoms with E-state index < -0.39 is 5.41 Å². The molecule has 1 atom stereocenters. The molecule has 0 aliphatic carbocycles. The maximum Gasteiger partial charge on any atom is 0.123 e. The summed E-state index contributed by atoms with van der Waals surface area (Å²) in [5.74, 6) is -0.264. The van der Waals surface area contributed by atoms with Gasteiger partial charge in [-0.15, -0.1) is 0 Å². The SMILES string of the molecule is CC(CO)(Cc1cccnc1)c1ccc(F)cc1. The van der Waals surface area contributed by atoms with Gasteiger partial charge in [-0.25, -0.2) is 4.39 Å². The Kier molecular flexibility index (Phi) is 3.72. The normalized spacial score (nSPS) is 14.2. The summed E-state index contributed by atoms with van der Waals surface area (Å²) in [5, 5.41) is 9.66. The summed E-state index contributed by atoms with van der Waals surface area (Å²) in [6, 6.07) is 10.1. The number of halogens is 1. The largest absolute Gasteiger partial charge is 0.395 e. The molecule has 3 heteroatoms. The van der Waals surface area contributed by atoms with Crippen molar-refractivity contribution in [1.82, 2.24) is 4.98 Å². The first-order valence-electron chi connectivity index (χ1n) is 5.90. The Morgan fingerprint density at radius 1 is 1.22 bits per heavy atom. The van der Waals surface area contributed by atoms with Crippen LogP contribution in [0.3, 0.4) is 0 Å². The smallest absolute Gasteiger partial charge is 0.123 e. The number of aliphatic hydroxyl groups excluding tert-OH is 1. The Morgan fingerprint density at radius 2 is 1.94 bits per heavy atom. The zero-order valence-electron chi connectivity index (χ0n) is 10.3. The van der Waals surface area contributed by atoms with E-state index in [0.29, 0.717) is 6.42 Å². The molecule has 0 fully saturated rings. The number of nitrogens with zero attached hydrogens (tertiary/aromatic N) is 1. The van der Waals surface area contributed by atoms with Crippen molar-refractivity contribution in [3.8, 4) is 0 Å². The van der Waals surface area contributed by atoms with E-state index in [-0.39, 0.29) is 12.4 Å². The fraction of sp³-hybridized carbons (Fsp3) is 0.267. The molecule has 0 bridgehead atoms. The minimum atomic E-state index is -0.420. The van der Waals surface area contributed by atoms with Crippen molar-refractivity contribution in [3.05, 3.63) is 65.7 Å². The van der Waals surface area contributed by atoms with Crippen molar-refractivity contribution in [2.75, 3.05) is 6.61 Å². The van der Waals surface area contributed by atoms with Crippen molar-refractivity contribution < 1.29 is 9.50 Å². The topological polar surface area (TPSA) is 33.1 Å². The van der Waals surface area contributed by atoms with E-state index >= 15 is 0 Å². The lowest BCUT2D eigenvalue weighted by molar-refractivity contribution is 0.204. The van der Waals surface area contributed by atoms with E-state index in [4.69, 9.17) is 0 Å². The average molecular weight is 245 g/mol. The molecule has 0 spiro atoms. The Bertz CT molecular complexity index is 498. The number of hydrogen-bond acceptors (Lipinski definition) is 2. The fourth-order valence-electron chi connectivity index (χ4n) is 2.05. The second-order valence-electron chi connectivity index (χ2n) is 4.76. The average Bonchev–Trinajstić information content (AvgIpc) is 2.40. The van der Waals surface area contributed by atoms with Gasteiger partial charge >= 0.3 is 0 Å². The van der Waals surface area contributed by atoms with Gasteiger partial charge in [0, 0.05) is 17.8 Å². The van der Waals surface area contributed by atoms with Crippen LogP contribution in [0, 0.1) is 5.82 Å². The zero-order valence-corrected chi connectivity index (χ0v) is 10.3. The van der Waals surface area contributed by atoms with Crippen LogP contribution >= 0.6 is 0 Å². The van der Waals surface area contributed by atoms with E-state index in [2.05, 4.69) is 4.98 Å². The molecule has 0 aliphatic heterocycles. The molecular weight excluding hydrogens is 229 g/mol. The number of aromatic nitrogens is 1. The summed E-state index contributed by atoms with van der Waals surface area (Å²) in [6.45, 7) is 1.97. The Morgan fingerprint density at radius 3 is 2.50 bits per heavy atom. The molecule has 1 unspecified atom stereocenters. The van der Waals surface area contributed by atoms with Crippen LogP contribution in [0.5, 0.6) is 0 Å². The first-order chi connectivity index (χ1) is 8.64. The van der Waals surface area contributed by atoms with Crippen LogP contribution in [0.2, 0.25) is 0 Å². The Balaban J connectivity index is 2.28. The predicted molar refractivity (Wildman–Crippen MR) is 68.8 cm³/mol. The van der Waals surface area contributed by atoms with Gasteiger partial charge in [-0.2, -0.15) is 0 Å². The molecule has 2 rings (SSSR count). The van der Waals surface area contributed by atoms with Gasteiger partial charge < -0.3 is 5.11 Å². The lowest BCUT2D eigenvalue weighted by atomic mass is 9.78. The molecule has 1 aromatic heterocycles. The second-order valence-corrected chi connectivity index (χ2v) is 4.76. The van der Waals surface area contributed by atoms with Gasteiger partial charge in [0.25, 0.3) is 0 Å². The van der Waals surface area contributed by atoms with Gasteiger partial charge in [-0.1, -0.05) is 25.1 Å². The number of hydrogen-bond donors (Lipinski definition) is 1. The molecule has 0 aliphatic rings. The Labute approximate surface area is 106 Å². The summed E-state index contributed by atoms with van der Waals surface area (Å²) in [7, 11) is 0. The quantitative estimate of drug-likeness (QED) is 0.898. The van der Waals surface area contributed by atoms with Gasteiger partial charge in [-0.3, -0.25) is 4.98 Å². The highest BCUT2D eigenvalue weighted by Crippen LogP contribution is 2.27. The van der Waals surface area contributed by atoms with Crippen molar-refractivity contribution in [2.45, 2.75) is 18.8 Å². The third kappa shape index (κ3) is 2.74. The highest BCUT2D eigenvalue weighted by Gasteiger charge is 2.26. The van der Waals surface area contributed by atoms with Crippen LogP contribution in [0.15, 0.2) is 48.8 Å². The molecule has 2 nitrogen and oxygen atoms in total. The summed E-state index contributed by atoms with van der Waals surface area (Å²) >= 11 is 0. The van der Waals surface area contributed by atoms with Crippen LogP contribution in [0.25, 0.3) is 0 Å². The molecule has 94 valence electrons. The highest BCUT2D eigenvalue weighted by molar-refractivity contribution is 5.28. The Hall–Kier alpha value is -1.74. The van der Waals surface area contributed by atoms with Crippen molar-refractivity contribution in [1.29, 1.82) is 0 Å². The summed E-state index contributed by atoms with van der Waals surface area (Å²) in [5.41, 5.74) is 1.56. The van der Waals surface area contributed by atoms with Crippen molar-refractivity contribution >= 4 is 0 Å². The molecule has 1 N–H and O–H groups in total. The molecule has 18 heavy (non-hydrogen) atoms. The van der Waals surface area contributed by atoms with Gasteiger partial charge in [0.15, 0.2) is 0 Å². The van der Waals surface area contributed by atoms with Gasteiger partial charge in [0.2, 0.25) is 0 Å². The lowest BCUT2D eigenvalue weighted by Crippen LogP contribution is -2.29. The minimum Gasteiger partial charge on any atom is -0.395 e. The summed E-state index contributed by atoms with van der Waals surface area (Å²) < 4.78 is 12.9. The second kappa shape index (κ2) is 5.27. The van der Waals surface area contributed by atoms with Gasteiger partial charge in [0.05, 0.1) is 6.61 Å². The van der Waals surface area contributed by atoms with E-state index in [1.807, 2.05) is 19.1 Å². The molecular formula is C15H16FNO. The zero-order chi connectivity index (χ0) is 13.0. The standard InChI is InChI=1S/C15H16FNO/c1-15(11-18,9-12-3-2-8-17-10-12)13-4-6-14(16)7-5-13/h2-8,10,18H,9,11H2,1H3. The molecule has 0 saturated heterocycles. The van der Waals surface area contributed by atoms with Crippen molar-refractivity contribution in [3.63, 3.8) is 0 Å². The highest BCUT2D eigenvalue weighted by atomic mass is 19.1. The van der Waals surface area contributed by atoms with E-state index in [1.54, 1.807) is 24.5 Å². The van der Waals surface area contributed by atoms with Crippen molar-refractivity contribution in [2.24, 2.45) is 0 Å². The maximum absolute atomic E-state index is 12.9. The number of rotatable bonds is 4. The first kappa shape index (κ1) is 12.7. The molecule has 1 heterocycles. The monoisotopic (exact) mass is 245 g/mol. The molecule has 1 aromatic carbocycles. The van der Waals surface area contributed by atoms with Crippen LogP contribution in [0.1, 0.15) is 18.1 Å². The predicted octanol–water partition coefficient (Wildman–Crippen LogP) is 2.71. The van der Waals surface area contributed by atoms with E-state index in [0.717, 1.165) is 11.1 Å². The summed E-state index contributed by atoms with van der Waals surface area (Å²) in [4.78, 5) is 4.07. The number of aliphatic hydroxyl groups is 1. The molecule has 0 saturated carbocycles. The minimum absolute atomic E-state index is 0.00747. The molecule has 0 radical (unpaired) electrons. The lowest BCUT2D eigenvalue weighted by Gasteiger charge is -2.28. The van der Waals surface area contributed by atoms with Crippen LogP contribution < -0.4 is 0 Å². The first-order valence-corrected chi connectivity index (χ1v) is 5.90. The number of benzene rings is 1. The third-order valence-electron chi connectivity index (χ3n) is 3.21. The third-order valence-corrected chi connectivity index (χ3v) is 3.21. The van der Waals surface area contributed by atoms with Gasteiger partial charge in [0.1, 0.15) is 5.82 Å². The van der Waals surface area contributed by atoms with Crippen LogP contribution in [0.4, 0.5) is 4.39 Å². The molecule has 0 amide bonds. The number of pyridine rings is 1. The maximum atomic E-state index is 12.9. The van der Waals surface area contributed by atoms with E-state index in [1.165, 1.54) is 12.1 Å². The molecule has 2 aromatic rings. The van der Waals surface area contributed by atoms with Crippen LogP contribution in [-0.2, 0) is 11.8 Å². The van der Waals surface area contributed by atoms with Gasteiger partial charge in [-0.05, 0) is 35.7 Å². The van der Waals surface area contributed by atoms with Crippen LogP contribution in [-0.4, -0.2) is 16.7 Å². The van der Waals surface area contributed by atoms with E-state index in [9.17, 15) is 9.50 Å². The summed E-state index contributed by atoms with van der Waals surface area (Å²) in [6.07, 6.45) is 4.18.